The molecule has 0 radical (unpaired) electrons. The van der Waals surface area contributed by atoms with Crippen molar-refractivity contribution in [2.45, 2.75) is 36.7 Å². The first-order chi connectivity index (χ1) is 13.8. The first kappa shape index (κ1) is 21.3. The average molecular weight is 436 g/mol. The number of nitrogens with two attached hydrogens (primary N) is 1. The predicted octanol–water partition coefficient (Wildman–Crippen LogP) is 2.30. The van der Waals surface area contributed by atoms with Crippen molar-refractivity contribution in [3.05, 3.63) is 64.7 Å². The van der Waals surface area contributed by atoms with E-state index in [4.69, 9.17) is 17.3 Å². The lowest BCUT2D eigenvalue weighted by Crippen LogP contribution is -2.48. The lowest BCUT2D eigenvalue weighted by Gasteiger charge is -2.29. The normalized spacial score (nSPS) is 17.6. The van der Waals surface area contributed by atoms with E-state index in [1.54, 1.807) is 12.1 Å². The number of benzene rings is 2. The summed E-state index contributed by atoms with van der Waals surface area (Å²) in [5.74, 6) is -0.876. The molecule has 3 rings (SSSR count). The van der Waals surface area contributed by atoms with Crippen molar-refractivity contribution in [3.63, 3.8) is 0 Å². The van der Waals surface area contributed by atoms with Crippen LogP contribution in [0, 0.1) is 0 Å². The van der Waals surface area contributed by atoms with Crippen LogP contribution in [0.15, 0.2) is 53.4 Å². The molecule has 0 saturated carbocycles. The Labute approximate surface area is 174 Å². The fraction of sp³-hybridized carbons (Fsp3) is 0.300. The van der Waals surface area contributed by atoms with E-state index < -0.39 is 22.0 Å². The Kier molecular flexibility index (Phi) is 6.56. The molecule has 1 aliphatic rings. The fourth-order valence-corrected chi connectivity index (χ4v) is 4.99. The van der Waals surface area contributed by atoms with Crippen LogP contribution in [0.4, 0.5) is 0 Å². The van der Waals surface area contributed by atoms with Gasteiger partial charge in [0.2, 0.25) is 21.8 Å². The fourth-order valence-electron chi connectivity index (χ4n) is 3.26. The quantitative estimate of drug-likeness (QED) is 0.725. The maximum Gasteiger partial charge on any atom is 0.248 e. The first-order valence-electron chi connectivity index (χ1n) is 9.23. The van der Waals surface area contributed by atoms with Gasteiger partial charge in [0, 0.05) is 23.7 Å². The van der Waals surface area contributed by atoms with Crippen LogP contribution in [0.25, 0.3) is 0 Å². The minimum atomic E-state index is -3.97. The molecule has 1 aliphatic heterocycles. The van der Waals surface area contributed by atoms with E-state index in [1.807, 2.05) is 0 Å². The van der Waals surface area contributed by atoms with Gasteiger partial charge in [0.25, 0.3) is 0 Å². The molecular formula is C20H22ClN3O4S. The third kappa shape index (κ3) is 4.95. The summed E-state index contributed by atoms with van der Waals surface area (Å²) in [5, 5.41) is 3.21. The van der Waals surface area contributed by atoms with Gasteiger partial charge in [-0.2, -0.15) is 4.31 Å². The predicted molar refractivity (Wildman–Crippen MR) is 110 cm³/mol. The first-order valence-corrected chi connectivity index (χ1v) is 11.0. The molecule has 7 nitrogen and oxygen atoms in total. The van der Waals surface area contributed by atoms with Crippen molar-refractivity contribution in [2.24, 2.45) is 5.73 Å². The second-order valence-corrected chi connectivity index (χ2v) is 9.19. The highest BCUT2D eigenvalue weighted by atomic mass is 35.5. The number of halogens is 1. The molecule has 3 N–H and O–H groups in total. The zero-order valence-electron chi connectivity index (χ0n) is 15.7. The topological polar surface area (TPSA) is 110 Å². The molecule has 29 heavy (non-hydrogen) atoms. The molecule has 0 spiro atoms. The smallest absolute Gasteiger partial charge is 0.248 e. The molecule has 2 amide bonds. The van der Waals surface area contributed by atoms with Crippen LogP contribution >= 0.6 is 11.6 Å². The van der Waals surface area contributed by atoms with Crippen molar-refractivity contribution >= 4 is 33.4 Å². The molecule has 1 heterocycles. The van der Waals surface area contributed by atoms with Crippen LogP contribution in [-0.2, 0) is 21.4 Å². The van der Waals surface area contributed by atoms with Gasteiger partial charge in [0.1, 0.15) is 6.04 Å². The van der Waals surface area contributed by atoms with E-state index in [-0.39, 0.29) is 17.3 Å². The number of amides is 2. The Morgan fingerprint density at radius 2 is 1.76 bits per heavy atom. The molecule has 0 bridgehead atoms. The molecule has 2 aromatic rings. The lowest BCUT2D eigenvalue weighted by atomic mass is 10.1. The average Bonchev–Trinajstić information content (AvgIpc) is 2.91. The molecule has 1 fully saturated rings. The largest absolute Gasteiger partial charge is 0.366 e. The molecule has 0 aliphatic carbocycles. The van der Waals surface area contributed by atoms with Crippen molar-refractivity contribution < 1.29 is 18.0 Å². The van der Waals surface area contributed by atoms with Crippen LogP contribution < -0.4 is 11.1 Å². The van der Waals surface area contributed by atoms with Gasteiger partial charge in [0.05, 0.1) is 4.90 Å². The van der Waals surface area contributed by atoms with Gasteiger partial charge in [-0.1, -0.05) is 23.7 Å². The van der Waals surface area contributed by atoms with Crippen molar-refractivity contribution in [2.75, 3.05) is 6.54 Å². The van der Waals surface area contributed by atoms with Gasteiger partial charge >= 0.3 is 0 Å². The van der Waals surface area contributed by atoms with E-state index in [9.17, 15) is 18.0 Å². The van der Waals surface area contributed by atoms with Gasteiger partial charge < -0.3 is 11.1 Å². The van der Waals surface area contributed by atoms with Crippen LogP contribution in [0.1, 0.15) is 35.2 Å². The van der Waals surface area contributed by atoms with E-state index in [0.29, 0.717) is 29.1 Å². The van der Waals surface area contributed by atoms with Crippen LogP contribution in [-0.4, -0.2) is 37.1 Å². The zero-order chi connectivity index (χ0) is 21.0. The summed E-state index contributed by atoms with van der Waals surface area (Å²) in [6.45, 7) is 0.513. The van der Waals surface area contributed by atoms with E-state index in [0.717, 1.165) is 12.8 Å². The number of rotatable bonds is 6. The van der Waals surface area contributed by atoms with Gasteiger partial charge in [-0.05, 0) is 61.2 Å². The van der Waals surface area contributed by atoms with Gasteiger partial charge in [-0.15, -0.1) is 0 Å². The molecule has 1 atom stereocenters. The highest BCUT2D eigenvalue weighted by molar-refractivity contribution is 7.89. The molecule has 0 aromatic heterocycles. The maximum atomic E-state index is 13.4. The molecule has 2 aromatic carbocycles. The molecule has 1 saturated heterocycles. The lowest BCUT2D eigenvalue weighted by molar-refractivity contribution is -0.124. The van der Waals surface area contributed by atoms with Gasteiger partial charge in [-0.25, -0.2) is 8.42 Å². The Morgan fingerprint density at radius 1 is 1.10 bits per heavy atom. The van der Waals surface area contributed by atoms with Crippen molar-refractivity contribution in [3.8, 4) is 0 Å². The Hall–Kier alpha value is -2.42. The standard InChI is InChI=1S/C20H22ClN3O4S/c21-16-8-10-17(11-9-16)29(27,28)24(18-3-1-2-12-23-20(18)26)13-14-4-6-15(7-5-14)19(22)25/h4-11,18H,1-3,12-13H2,(H2,22,25)(H,23,26)/t18-/m1/s1. The Morgan fingerprint density at radius 3 is 2.38 bits per heavy atom. The monoisotopic (exact) mass is 435 g/mol. The Balaban J connectivity index is 1.99. The number of carbonyl (C=O) groups excluding carboxylic acids is 2. The number of nitrogens with one attached hydrogen (secondary N) is 1. The summed E-state index contributed by atoms with van der Waals surface area (Å²) in [5.41, 5.74) is 6.24. The molecule has 0 unspecified atom stereocenters. The number of sulfonamides is 1. The summed E-state index contributed by atoms with van der Waals surface area (Å²) in [6.07, 6.45) is 1.96. The van der Waals surface area contributed by atoms with E-state index in [1.165, 1.54) is 40.7 Å². The summed E-state index contributed by atoms with van der Waals surface area (Å²) in [4.78, 5) is 24.0. The zero-order valence-corrected chi connectivity index (χ0v) is 17.2. The van der Waals surface area contributed by atoms with Crippen molar-refractivity contribution in [1.82, 2.24) is 9.62 Å². The number of carbonyl (C=O) groups is 2. The Bertz CT molecular complexity index is 991. The summed E-state index contributed by atoms with van der Waals surface area (Å²) in [7, 11) is -3.97. The summed E-state index contributed by atoms with van der Waals surface area (Å²) in [6, 6.07) is 11.4. The summed E-state index contributed by atoms with van der Waals surface area (Å²) >= 11 is 5.89. The summed E-state index contributed by atoms with van der Waals surface area (Å²) < 4.78 is 28.0. The third-order valence-electron chi connectivity index (χ3n) is 4.85. The number of nitrogens with zero attached hydrogens (tertiary/aromatic N) is 1. The minimum Gasteiger partial charge on any atom is -0.366 e. The number of primary amides is 1. The molecule has 154 valence electrons. The van der Waals surface area contributed by atoms with Crippen LogP contribution in [0.2, 0.25) is 5.02 Å². The van der Waals surface area contributed by atoms with E-state index >= 15 is 0 Å². The maximum absolute atomic E-state index is 13.4. The third-order valence-corrected chi connectivity index (χ3v) is 6.97. The van der Waals surface area contributed by atoms with Gasteiger partial charge in [0.15, 0.2) is 0 Å². The minimum absolute atomic E-state index is 0.0118. The molecule has 9 heteroatoms. The highest BCUT2D eigenvalue weighted by Crippen LogP contribution is 2.26. The van der Waals surface area contributed by atoms with Gasteiger partial charge in [-0.3, -0.25) is 9.59 Å². The van der Waals surface area contributed by atoms with Crippen LogP contribution in [0.3, 0.4) is 0 Å². The molecular weight excluding hydrogens is 414 g/mol. The van der Waals surface area contributed by atoms with Crippen LogP contribution in [0.5, 0.6) is 0 Å². The van der Waals surface area contributed by atoms with E-state index in [2.05, 4.69) is 5.32 Å². The SMILES string of the molecule is NC(=O)c1ccc(CN([C@@H]2CCCCNC2=O)S(=O)(=O)c2ccc(Cl)cc2)cc1. The number of hydrogen-bond donors (Lipinski definition) is 2. The second kappa shape index (κ2) is 8.94. The highest BCUT2D eigenvalue weighted by Gasteiger charge is 2.36. The number of hydrogen-bond acceptors (Lipinski definition) is 4. The second-order valence-electron chi connectivity index (χ2n) is 6.87. The van der Waals surface area contributed by atoms with Crippen molar-refractivity contribution in [1.29, 1.82) is 0 Å².